The Bertz CT molecular complexity index is 353. The summed E-state index contributed by atoms with van der Waals surface area (Å²) in [5, 5.41) is 3.57. The van der Waals surface area contributed by atoms with Gasteiger partial charge in [-0.2, -0.15) is 0 Å². The molecular formula is C16H32N4. The number of guanidine groups is 1. The Kier molecular flexibility index (Phi) is 4.62. The molecule has 1 aliphatic heterocycles. The largest absolute Gasteiger partial charge is 0.354 e. The van der Waals surface area contributed by atoms with Crippen LogP contribution in [0.2, 0.25) is 0 Å². The van der Waals surface area contributed by atoms with Crippen molar-refractivity contribution in [2.24, 2.45) is 10.4 Å². The van der Waals surface area contributed by atoms with Gasteiger partial charge in [-0.1, -0.05) is 12.8 Å². The quantitative estimate of drug-likeness (QED) is 0.635. The number of aliphatic imine (C=N–C) groups is 1. The van der Waals surface area contributed by atoms with Crippen molar-refractivity contribution in [1.29, 1.82) is 0 Å². The highest BCUT2D eigenvalue weighted by Crippen LogP contribution is 2.45. The smallest absolute Gasteiger partial charge is 0.193 e. The highest BCUT2D eigenvalue weighted by atomic mass is 15.3. The van der Waals surface area contributed by atoms with E-state index in [2.05, 4.69) is 48.1 Å². The molecule has 1 saturated heterocycles. The predicted octanol–water partition coefficient (Wildman–Crippen LogP) is 2.17. The summed E-state index contributed by atoms with van der Waals surface area (Å²) in [5.41, 5.74) is 0.745. The molecule has 4 nitrogen and oxygen atoms in total. The topological polar surface area (TPSA) is 30.9 Å². The number of likely N-dealkylation sites (tertiary alicyclic amines) is 1. The summed E-state index contributed by atoms with van der Waals surface area (Å²) in [6.45, 7) is 7.82. The molecule has 1 aliphatic carbocycles. The molecule has 0 aromatic rings. The number of likely N-dealkylation sites (N-methyl/N-ethyl adjacent to an activating group) is 1. The van der Waals surface area contributed by atoms with E-state index in [-0.39, 0.29) is 5.54 Å². The number of hydrogen-bond acceptors (Lipinski definition) is 2. The third-order valence-electron chi connectivity index (χ3n) is 5.50. The number of nitrogens with zero attached hydrogens (tertiary/aromatic N) is 3. The minimum absolute atomic E-state index is 0.140. The molecular weight excluding hydrogens is 248 g/mol. The van der Waals surface area contributed by atoms with Crippen LogP contribution in [0, 0.1) is 5.41 Å². The van der Waals surface area contributed by atoms with Crippen LogP contribution in [0.15, 0.2) is 4.99 Å². The van der Waals surface area contributed by atoms with Crippen LogP contribution in [0.25, 0.3) is 0 Å². The van der Waals surface area contributed by atoms with Crippen LogP contribution in [0.3, 0.4) is 0 Å². The lowest BCUT2D eigenvalue weighted by Crippen LogP contribution is -2.51. The van der Waals surface area contributed by atoms with Gasteiger partial charge in [-0.15, -0.1) is 0 Å². The van der Waals surface area contributed by atoms with Crippen LogP contribution in [-0.2, 0) is 0 Å². The summed E-state index contributed by atoms with van der Waals surface area (Å²) in [6, 6.07) is 0. The first-order valence-electron chi connectivity index (χ1n) is 8.02. The van der Waals surface area contributed by atoms with Gasteiger partial charge >= 0.3 is 0 Å². The Labute approximate surface area is 124 Å². The van der Waals surface area contributed by atoms with Crippen molar-refractivity contribution in [3.63, 3.8) is 0 Å². The maximum Gasteiger partial charge on any atom is 0.193 e. The van der Waals surface area contributed by atoms with E-state index in [0.717, 1.165) is 12.5 Å². The van der Waals surface area contributed by atoms with Crippen molar-refractivity contribution in [3.05, 3.63) is 0 Å². The fourth-order valence-electron chi connectivity index (χ4n) is 3.43. The Morgan fingerprint density at radius 3 is 2.45 bits per heavy atom. The summed E-state index contributed by atoms with van der Waals surface area (Å²) >= 11 is 0. The Hall–Kier alpha value is -0.770. The molecule has 0 aromatic carbocycles. The van der Waals surface area contributed by atoms with Gasteiger partial charge in [-0.25, -0.2) is 0 Å². The van der Waals surface area contributed by atoms with Crippen molar-refractivity contribution in [3.8, 4) is 0 Å². The molecule has 2 aliphatic rings. The van der Waals surface area contributed by atoms with Crippen LogP contribution in [0.4, 0.5) is 0 Å². The zero-order valence-electron chi connectivity index (χ0n) is 14.0. The molecule has 0 atom stereocenters. The molecule has 1 saturated carbocycles. The highest BCUT2D eigenvalue weighted by molar-refractivity contribution is 5.80. The predicted molar refractivity (Wildman–Crippen MR) is 86.2 cm³/mol. The molecule has 1 spiro atoms. The molecule has 0 unspecified atom stereocenters. The lowest BCUT2D eigenvalue weighted by Gasteiger charge is -2.34. The normalized spacial score (nSPS) is 23.1. The van der Waals surface area contributed by atoms with Crippen LogP contribution in [-0.4, -0.2) is 62.1 Å². The number of hydrogen-bond donors (Lipinski definition) is 1. The van der Waals surface area contributed by atoms with Gasteiger partial charge in [0.05, 0.1) is 0 Å². The van der Waals surface area contributed by atoms with Crippen LogP contribution in [0.5, 0.6) is 0 Å². The molecule has 116 valence electrons. The average Bonchev–Trinajstić information content (AvgIpc) is 3.01. The van der Waals surface area contributed by atoms with Gasteiger partial charge in [0.2, 0.25) is 0 Å². The van der Waals surface area contributed by atoms with Gasteiger partial charge in [0.15, 0.2) is 5.96 Å². The molecule has 2 fully saturated rings. The highest BCUT2D eigenvalue weighted by Gasteiger charge is 2.41. The van der Waals surface area contributed by atoms with Crippen LogP contribution >= 0.6 is 0 Å². The molecule has 0 aromatic heterocycles. The minimum Gasteiger partial charge on any atom is -0.354 e. The van der Waals surface area contributed by atoms with E-state index >= 15 is 0 Å². The molecule has 0 bridgehead atoms. The zero-order valence-corrected chi connectivity index (χ0v) is 14.0. The van der Waals surface area contributed by atoms with Gasteiger partial charge in [0, 0.05) is 32.2 Å². The van der Waals surface area contributed by atoms with Gasteiger partial charge in [-0.05, 0) is 52.6 Å². The Morgan fingerprint density at radius 2 is 1.90 bits per heavy atom. The van der Waals surface area contributed by atoms with Crippen molar-refractivity contribution in [1.82, 2.24) is 15.1 Å². The molecule has 2 rings (SSSR count). The molecule has 0 amide bonds. The summed E-state index contributed by atoms with van der Waals surface area (Å²) in [6.07, 6.45) is 7.04. The SMILES string of the molecule is CN=C(NCC(C)(C)N(C)C)N1CCC2(CCCC2)C1. The second-order valence-corrected chi connectivity index (χ2v) is 7.49. The monoisotopic (exact) mass is 280 g/mol. The lowest BCUT2D eigenvalue weighted by molar-refractivity contribution is 0.195. The van der Waals surface area contributed by atoms with Gasteiger partial charge < -0.3 is 15.1 Å². The Balaban J connectivity index is 1.90. The van der Waals surface area contributed by atoms with Crippen molar-refractivity contribution < 1.29 is 0 Å². The summed E-state index contributed by atoms with van der Waals surface area (Å²) in [5.74, 6) is 1.09. The maximum absolute atomic E-state index is 4.50. The van der Waals surface area contributed by atoms with Crippen LogP contribution < -0.4 is 5.32 Å². The van der Waals surface area contributed by atoms with E-state index in [1.165, 1.54) is 45.2 Å². The first kappa shape index (κ1) is 15.6. The summed E-state index contributed by atoms with van der Waals surface area (Å²) < 4.78 is 0. The molecule has 1 N–H and O–H groups in total. The van der Waals surface area contributed by atoms with E-state index < -0.39 is 0 Å². The van der Waals surface area contributed by atoms with Crippen molar-refractivity contribution in [2.75, 3.05) is 40.8 Å². The van der Waals surface area contributed by atoms with E-state index in [1.807, 2.05) is 7.05 Å². The average molecular weight is 280 g/mol. The molecule has 1 heterocycles. The van der Waals surface area contributed by atoms with E-state index in [1.54, 1.807) is 0 Å². The lowest BCUT2D eigenvalue weighted by atomic mass is 9.86. The van der Waals surface area contributed by atoms with Gasteiger partial charge in [0.1, 0.15) is 0 Å². The fraction of sp³-hybridized carbons (Fsp3) is 0.938. The van der Waals surface area contributed by atoms with E-state index in [9.17, 15) is 0 Å². The second kappa shape index (κ2) is 5.92. The zero-order chi connectivity index (χ0) is 14.8. The van der Waals surface area contributed by atoms with E-state index in [4.69, 9.17) is 0 Å². The molecule has 0 radical (unpaired) electrons. The molecule has 4 heteroatoms. The maximum atomic E-state index is 4.50. The minimum atomic E-state index is 0.140. The Morgan fingerprint density at radius 1 is 1.25 bits per heavy atom. The van der Waals surface area contributed by atoms with E-state index in [0.29, 0.717) is 5.41 Å². The molecule has 20 heavy (non-hydrogen) atoms. The summed E-state index contributed by atoms with van der Waals surface area (Å²) in [7, 11) is 6.17. The summed E-state index contributed by atoms with van der Waals surface area (Å²) in [4.78, 5) is 9.23. The first-order valence-corrected chi connectivity index (χ1v) is 8.02. The second-order valence-electron chi connectivity index (χ2n) is 7.49. The number of nitrogens with one attached hydrogen (secondary N) is 1. The van der Waals surface area contributed by atoms with Crippen molar-refractivity contribution in [2.45, 2.75) is 51.5 Å². The first-order chi connectivity index (χ1) is 9.38. The third-order valence-corrected chi connectivity index (χ3v) is 5.50. The third kappa shape index (κ3) is 3.27. The fourth-order valence-corrected chi connectivity index (χ4v) is 3.43. The van der Waals surface area contributed by atoms with Crippen LogP contribution in [0.1, 0.15) is 46.0 Å². The van der Waals surface area contributed by atoms with Crippen molar-refractivity contribution >= 4 is 5.96 Å². The standard InChI is InChI=1S/C16H32N4/c1-15(2,19(4)5)12-18-14(17-3)20-11-10-16(13-20)8-6-7-9-16/h6-13H2,1-5H3,(H,17,18). The van der Waals surface area contributed by atoms with Gasteiger partial charge in [0.25, 0.3) is 0 Å². The number of rotatable bonds is 3. The van der Waals surface area contributed by atoms with Gasteiger partial charge in [-0.3, -0.25) is 4.99 Å².